The first kappa shape index (κ1) is 15.1. The van der Waals surface area contributed by atoms with E-state index in [-0.39, 0.29) is 18.3 Å². The Labute approximate surface area is 112 Å². The van der Waals surface area contributed by atoms with Gasteiger partial charge in [-0.05, 0) is 38.2 Å². The Balaban J connectivity index is 2.59. The van der Waals surface area contributed by atoms with E-state index in [1.165, 1.54) is 0 Å². The van der Waals surface area contributed by atoms with Crippen molar-refractivity contribution in [3.63, 3.8) is 0 Å². The molecule has 0 atom stereocenters. The number of nitrogens with one attached hydrogen (secondary N) is 2. The topological polar surface area (TPSA) is 59.6 Å². The van der Waals surface area contributed by atoms with Crippen molar-refractivity contribution in [2.75, 3.05) is 18.5 Å². The molecular formula is C11H17N2O3PS. The number of hydrogen-bond donors (Lipinski definition) is 2. The van der Waals surface area contributed by atoms with Crippen molar-refractivity contribution in [2.45, 2.75) is 13.8 Å². The van der Waals surface area contributed by atoms with Gasteiger partial charge in [-0.3, -0.25) is 14.1 Å². The van der Waals surface area contributed by atoms with Crippen molar-refractivity contribution in [1.29, 1.82) is 0 Å². The summed E-state index contributed by atoms with van der Waals surface area (Å²) in [4.78, 5) is 0. The summed E-state index contributed by atoms with van der Waals surface area (Å²) in [6.07, 6.45) is 0. The van der Waals surface area contributed by atoms with E-state index in [0.717, 1.165) is 5.69 Å². The minimum absolute atomic E-state index is 0.200. The van der Waals surface area contributed by atoms with Gasteiger partial charge in [-0.2, -0.15) is 0 Å². The van der Waals surface area contributed by atoms with E-state index in [4.69, 9.17) is 21.3 Å². The second-order valence-corrected chi connectivity index (χ2v) is 5.41. The van der Waals surface area contributed by atoms with Crippen molar-refractivity contribution in [3.05, 3.63) is 30.3 Å². The Morgan fingerprint density at radius 2 is 1.78 bits per heavy atom. The van der Waals surface area contributed by atoms with Gasteiger partial charge in [0.25, 0.3) is 0 Å². The average Bonchev–Trinajstić information content (AvgIpc) is 2.30. The Hall–Kier alpha value is -0.940. The maximum absolute atomic E-state index is 12.1. The fraction of sp³-hybridized carbons (Fsp3) is 0.364. The molecule has 0 spiro atoms. The zero-order valence-electron chi connectivity index (χ0n) is 10.4. The summed E-state index contributed by atoms with van der Waals surface area (Å²) in [6, 6.07) is 9.33. The van der Waals surface area contributed by atoms with Gasteiger partial charge in [0.15, 0.2) is 5.11 Å². The molecule has 1 rings (SSSR count). The summed E-state index contributed by atoms with van der Waals surface area (Å²) in [5.41, 5.74) is 0.801. The van der Waals surface area contributed by atoms with Gasteiger partial charge in [0.05, 0.1) is 13.2 Å². The van der Waals surface area contributed by atoms with Crippen LogP contribution in [0.2, 0.25) is 0 Å². The van der Waals surface area contributed by atoms with Gasteiger partial charge < -0.3 is 5.32 Å². The van der Waals surface area contributed by atoms with E-state index in [1.807, 2.05) is 30.3 Å². The van der Waals surface area contributed by atoms with Gasteiger partial charge in [0.1, 0.15) is 0 Å². The third-order valence-electron chi connectivity index (χ3n) is 1.87. The normalized spacial score (nSPS) is 11.0. The van der Waals surface area contributed by atoms with Crippen LogP contribution < -0.4 is 10.4 Å². The van der Waals surface area contributed by atoms with Gasteiger partial charge in [-0.25, -0.2) is 4.57 Å². The quantitative estimate of drug-likeness (QED) is 0.619. The molecular weight excluding hydrogens is 271 g/mol. The highest BCUT2D eigenvalue weighted by molar-refractivity contribution is 7.81. The van der Waals surface area contributed by atoms with E-state index in [0.29, 0.717) is 0 Å². The summed E-state index contributed by atoms with van der Waals surface area (Å²) in [5.74, 6) is 0. The molecule has 0 saturated heterocycles. The molecule has 1 aromatic carbocycles. The molecule has 0 aliphatic rings. The summed E-state index contributed by atoms with van der Waals surface area (Å²) in [5, 5.41) is 5.68. The number of anilines is 1. The van der Waals surface area contributed by atoms with Gasteiger partial charge in [-0.1, -0.05) is 18.2 Å². The second kappa shape index (κ2) is 7.48. The molecule has 0 bridgehead atoms. The molecule has 0 aliphatic heterocycles. The summed E-state index contributed by atoms with van der Waals surface area (Å²) in [7, 11) is -3.37. The smallest absolute Gasteiger partial charge is 0.332 e. The van der Waals surface area contributed by atoms with Crippen LogP contribution >= 0.6 is 20.0 Å². The van der Waals surface area contributed by atoms with Gasteiger partial charge in [0, 0.05) is 5.69 Å². The summed E-state index contributed by atoms with van der Waals surface area (Å²) < 4.78 is 22.3. The van der Waals surface area contributed by atoms with E-state index in [1.54, 1.807) is 13.8 Å². The third-order valence-corrected chi connectivity index (χ3v) is 3.92. The molecule has 18 heavy (non-hydrogen) atoms. The van der Waals surface area contributed by atoms with Crippen LogP contribution in [-0.2, 0) is 13.6 Å². The van der Waals surface area contributed by atoms with Gasteiger partial charge in [0.2, 0.25) is 0 Å². The van der Waals surface area contributed by atoms with Crippen molar-refractivity contribution in [2.24, 2.45) is 0 Å². The lowest BCUT2D eigenvalue weighted by Gasteiger charge is -2.19. The molecule has 0 heterocycles. The Bertz CT molecular complexity index is 418. The number of para-hydroxylation sites is 1. The Kier molecular flexibility index (Phi) is 6.29. The van der Waals surface area contributed by atoms with E-state index >= 15 is 0 Å². The Morgan fingerprint density at radius 3 is 2.28 bits per heavy atom. The lowest BCUT2D eigenvalue weighted by atomic mass is 10.3. The van der Waals surface area contributed by atoms with Crippen LogP contribution in [-0.4, -0.2) is 18.3 Å². The van der Waals surface area contributed by atoms with E-state index in [2.05, 4.69) is 10.4 Å². The van der Waals surface area contributed by atoms with Crippen LogP contribution in [0, 0.1) is 0 Å². The largest absolute Gasteiger partial charge is 0.434 e. The molecule has 5 nitrogen and oxygen atoms in total. The molecule has 100 valence electrons. The first-order valence-corrected chi connectivity index (χ1v) is 7.58. The zero-order valence-corrected chi connectivity index (χ0v) is 12.1. The number of hydrogen-bond acceptors (Lipinski definition) is 4. The van der Waals surface area contributed by atoms with Crippen LogP contribution in [0.15, 0.2) is 30.3 Å². The van der Waals surface area contributed by atoms with Crippen molar-refractivity contribution in [3.8, 4) is 0 Å². The molecule has 0 saturated carbocycles. The molecule has 2 N–H and O–H groups in total. The number of benzene rings is 1. The predicted octanol–water partition coefficient (Wildman–Crippen LogP) is 3.15. The molecule has 0 amide bonds. The maximum atomic E-state index is 12.1. The first-order valence-electron chi connectivity index (χ1n) is 5.63. The Morgan fingerprint density at radius 1 is 1.22 bits per heavy atom. The lowest BCUT2D eigenvalue weighted by Crippen LogP contribution is -2.27. The minimum atomic E-state index is -3.37. The van der Waals surface area contributed by atoms with Crippen molar-refractivity contribution >= 4 is 30.8 Å². The SMILES string of the molecule is CCOP(=O)(NC(=S)Nc1ccccc1)OCC. The van der Waals surface area contributed by atoms with Crippen LogP contribution in [0.25, 0.3) is 0 Å². The summed E-state index contributed by atoms with van der Waals surface area (Å²) >= 11 is 5.06. The molecule has 0 radical (unpaired) electrons. The highest BCUT2D eigenvalue weighted by Crippen LogP contribution is 2.43. The van der Waals surface area contributed by atoms with E-state index in [9.17, 15) is 4.57 Å². The highest BCUT2D eigenvalue weighted by atomic mass is 32.1. The van der Waals surface area contributed by atoms with Gasteiger partial charge in [-0.15, -0.1) is 0 Å². The maximum Gasteiger partial charge on any atom is 0.434 e. The minimum Gasteiger partial charge on any atom is -0.332 e. The van der Waals surface area contributed by atoms with Gasteiger partial charge >= 0.3 is 7.75 Å². The van der Waals surface area contributed by atoms with Crippen LogP contribution in [0.1, 0.15) is 13.8 Å². The molecule has 0 aromatic heterocycles. The second-order valence-electron chi connectivity index (χ2n) is 3.26. The molecule has 0 unspecified atom stereocenters. The van der Waals surface area contributed by atoms with Crippen LogP contribution in [0.5, 0.6) is 0 Å². The molecule has 1 aromatic rings. The molecule has 0 aliphatic carbocycles. The zero-order chi connectivity index (χ0) is 13.4. The molecule has 0 fully saturated rings. The highest BCUT2D eigenvalue weighted by Gasteiger charge is 2.24. The van der Waals surface area contributed by atoms with Crippen LogP contribution in [0.3, 0.4) is 0 Å². The number of rotatable bonds is 6. The number of thiocarbonyl (C=S) groups is 1. The standard InChI is InChI=1S/C11H17N2O3PS/c1-3-15-17(14,16-4-2)13-11(18)12-10-8-6-5-7-9-10/h5-9H,3-4H2,1-2H3,(H2,12,13,14,18). The summed E-state index contributed by atoms with van der Waals surface area (Å²) in [6.45, 7) is 4.03. The lowest BCUT2D eigenvalue weighted by molar-refractivity contribution is 0.216. The van der Waals surface area contributed by atoms with Crippen molar-refractivity contribution < 1.29 is 13.6 Å². The third kappa shape index (κ3) is 5.14. The van der Waals surface area contributed by atoms with Crippen molar-refractivity contribution in [1.82, 2.24) is 5.09 Å². The predicted molar refractivity (Wildman–Crippen MR) is 76.7 cm³/mol. The van der Waals surface area contributed by atoms with E-state index < -0.39 is 7.75 Å². The average molecular weight is 288 g/mol. The van der Waals surface area contributed by atoms with Crippen LogP contribution in [0.4, 0.5) is 5.69 Å². The molecule has 7 heteroatoms. The fourth-order valence-corrected chi connectivity index (χ4v) is 2.89. The first-order chi connectivity index (χ1) is 8.59. The fourth-order valence-electron chi connectivity index (χ4n) is 1.25. The monoisotopic (exact) mass is 288 g/mol.